The lowest BCUT2D eigenvalue weighted by Gasteiger charge is -2.31. The standard InChI is InChI=1S/C20H24N2O3/c1-14(2)20-21-18(13-25-20)19(24)8-5-15-3-6-16(7-4-15)22-11-9-17(23)10-12-22/h3-8,13-14,17,23H,9-12H2,1-2H3/b8-5+. The van der Waals surface area contributed by atoms with Gasteiger partial charge in [-0.15, -0.1) is 0 Å². The van der Waals surface area contributed by atoms with Gasteiger partial charge in [0.15, 0.2) is 5.89 Å². The molecule has 3 rings (SSSR count). The third kappa shape index (κ3) is 4.37. The molecule has 1 fully saturated rings. The number of aliphatic hydroxyl groups excluding tert-OH is 1. The first-order valence-corrected chi connectivity index (χ1v) is 8.74. The van der Waals surface area contributed by atoms with Crippen LogP contribution >= 0.6 is 0 Å². The van der Waals surface area contributed by atoms with E-state index in [0.717, 1.165) is 37.2 Å². The van der Waals surface area contributed by atoms with Crippen LogP contribution in [0.25, 0.3) is 6.08 Å². The molecule has 0 amide bonds. The van der Waals surface area contributed by atoms with E-state index in [0.29, 0.717) is 11.6 Å². The maximum atomic E-state index is 12.2. The Morgan fingerprint density at radius 3 is 2.56 bits per heavy atom. The van der Waals surface area contributed by atoms with Crippen molar-refractivity contribution in [1.29, 1.82) is 0 Å². The number of hydrogen-bond acceptors (Lipinski definition) is 5. The number of oxazole rings is 1. The largest absolute Gasteiger partial charge is 0.448 e. The van der Waals surface area contributed by atoms with E-state index in [2.05, 4.69) is 22.0 Å². The van der Waals surface area contributed by atoms with Crippen molar-refractivity contribution in [3.8, 4) is 0 Å². The number of anilines is 1. The maximum Gasteiger partial charge on any atom is 0.207 e. The van der Waals surface area contributed by atoms with Crippen molar-refractivity contribution >= 4 is 17.5 Å². The van der Waals surface area contributed by atoms with Crippen molar-refractivity contribution < 1.29 is 14.3 Å². The predicted molar refractivity (Wildman–Crippen MR) is 97.9 cm³/mol. The average Bonchev–Trinajstić information content (AvgIpc) is 3.11. The van der Waals surface area contributed by atoms with E-state index in [1.54, 1.807) is 6.08 Å². The van der Waals surface area contributed by atoms with Gasteiger partial charge in [0, 0.05) is 24.7 Å². The molecule has 0 aliphatic carbocycles. The normalized spacial score (nSPS) is 16.1. The molecule has 0 unspecified atom stereocenters. The van der Waals surface area contributed by atoms with Gasteiger partial charge in [0.05, 0.1) is 6.10 Å². The minimum absolute atomic E-state index is 0.161. The number of aromatic nitrogens is 1. The molecule has 1 aliphatic rings. The van der Waals surface area contributed by atoms with E-state index in [1.165, 1.54) is 12.3 Å². The van der Waals surface area contributed by atoms with Gasteiger partial charge in [-0.25, -0.2) is 4.98 Å². The fourth-order valence-corrected chi connectivity index (χ4v) is 2.84. The molecule has 0 saturated carbocycles. The van der Waals surface area contributed by atoms with Crippen molar-refractivity contribution in [3.63, 3.8) is 0 Å². The Balaban J connectivity index is 1.62. The molecule has 2 heterocycles. The molecule has 1 aliphatic heterocycles. The number of benzene rings is 1. The Labute approximate surface area is 148 Å². The summed E-state index contributed by atoms with van der Waals surface area (Å²) in [6.07, 6.45) is 6.18. The van der Waals surface area contributed by atoms with E-state index >= 15 is 0 Å². The molecule has 0 atom stereocenters. The van der Waals surface area contributed by atoms with Crippen LogP contribution in [-0.2, 0) is 0 Å². The summed E-state index contributed by atoms with van der Waals surface area (Å²) in [5, 5.41) is 9.59. The average molecular weight is 340 g/mol. The lowest BCUT2D eigenvalue weighted by atomic mass is 10.1. The first kappa shape index (κ1) is 17.4. The highest BCUT2D eigenvalue weighted by Gasteiger charge is 2.17. The van der Waals surface area contributed by atoms with Crippen LogP contribution in [0.15, 0.2) is 41.0 Å². The molecule has 0 radical (unpaired) electrons. The minimum Gasteiger partial charge on any atom is -0.448 e. The first-order valence-electron chi connectivity index (χ1n) is 8.74. The molecule has 5 nitrogen and oxygen atoms in total. The van der Waals surface area contributed by atoms with Crippen molar-refractivity contribution in [1.82, 2.24) is 4.98 Å². The predicted octanol–water partition coefficient (Wildman–Crippen LogP) is 3.66. The summed E-state index contributed by atoms with van der Waals surface area (Å²) in [6.45, 7) is 5.69. The molecule has 1 saturated heterocycles. The summed E-state index contributed by atoms with van der Waals surface area (Å²) < 4.78 is 5.30. The molecule has 1 N–H and O–H groups in total. The van der Waals surface area contributed by atoms with Gasteiger partial charge in [0.25, 0.3) is 0 Å². The van der Waals surface area contributed by atoms with Gasteiger partial charge < -0.3 is 14.4 Å². The summed E-state index contributed by atoms with van der Waals surface area (Å²) in [4.78, 5) is 18.6. The van der Waals surface area contributed by atoms with Gasteiger partial charge in [-0.3, -0.25) is 4.79 Å². The summed E-state index contributed by atoms with van der Waals surface area (Å²) in [7, 11) is 0. The van der Waals surface area contributed by atoms with Gasteiger partial charge in [0.1, 0.15) is 12.0 Å². The molecule has 1 aromatic carbocycles. The highest BCUT2D eigenvalue weighted by atomic mass is 16.3. The van der Waals surface area contributed by atoms with Crippen molar-refractivity contribution in [3.05, 3.63) is 53.8 Å². The number of piperidine rings is 1. The fraction of sp³-hybridized carbons (Fsp3) is 0.400. The third-order valence-electron chi connectivity index (χ3n) is 4.42. The number of aliphatic hydroxyl groups is 1. The number of nitrogens with zero attached hydrogens (tertiary/aromatic N) is 2. The van der Waals surface area contributed by atoms with Gasteiger partial charge in [-0.05, 0) is 36.6 Å². The maximum absolute atomic E-state index is 12.2. The summed E-state index contributed by atoms with van der Waals surface area (Å²) in [5.41, 5.74) is 2.44. The molecular formula is C20H24N2O3. The second-order valence-electron chi connectivity index (χ2n) is 6.73. The molecule has 132 valence electrons. The van der Waals surface area contributed by atoms with Crippen LogP contribution in [0.3, 0.4) is 0 Å². The zero-order valence-corrected chi connectivity index (χ0v) is 14.7. The monoisotopic (exact) mass is 340 g/mol. The van der Waals surface area contributed by atoms with E-state index in [4.69, 9.17) is 4.42 Å². The smallest absolute Gasteiger partial charge is 0.207 e. The summed E-state index contributed by atoms with van der Waals surface area (Å²) >= 11 is 0. The van der Waals surface area contributed by atoms with Gasteiger partial charge in [-0.2, -0.15) is 0 Å². The van der Waals surface area contributed by atoms with Gasteiger partial charge in [0.2, 0.25) is 5.78 Å². The third-order valence-corrected chi connectivity index (χ3v) is 4.42. The van der Waals surface area contributed by atoms with Gasteiger partial charge in [-0.1, -0.05) is 32.1 Å². The highest BCUT2D eigenvalue weighted by molar-refractivity contribution is 6.05. The van der Waals surface area contributed by atoms with Crippen LogP contribution in [0.5, 0.6) is 0 Å². The molecule has 0 bridgehead atoms. The molecule has 0 spiro atoms. The lowest BCUT2D eigenvalue weighted by Crippen LogP contribution is -2.35. The van der Waals surface area contributed by atoms with Crippen molar-refractivity contribution in [2.45, 2.75) is 38.7 Å². The van der Waals surface area contributed by atoms with Gasteiger partial charge >= 0.3 is 0 Å². The van der Waals surface area contributed by atoms with Crippen LogP contribution in [-0.4, -0.2) is 35.1 Å². The van der Waals surface area contributed by atoms with Crippen LogP contribution < -0.4 is 4.90 Å². The van der Waals surface area contributed by atoms with Crippen molar-refractivity contribution in [2.75, 3.05) is 18.0 Å². The molecular weight excluding hydrogens is 316 g/mol. The number of hydrogen-bond donors (Lipinski definition) is 1. The van der Waals surface area contributed by atoms with E-state index in [9.17, 15) is 9.90 Å². The number of carbonyl (C=O) groups excluding carboxylic acids is 1. The van der Waals surface area contributed by atoms with Crippen LogP contribution in [0, 0.1) is 0 Å². The van der Waals surface area contributed by atoms with E-state index in [-0.39, 0.29) is 17.8 Å². The Kier molecular flexibility index (Phi) is 5.34. The van der Waals surface area contributed by atoms with Crippen LogP contribution in [0.1, 0.15) is 54.5 Å². The summed E-state index contributed by atoms with van der Waals surface area (Å²) in [5.74, 6) is 0.575. The number of allylic oxidation sites excluding steroid dienone is 1. The van der Waals surface area contributed by atoms with E-state index in [1.807, 2.05) is 26.0 Å². The zero-order chi connectivity index (χ0) is 17.8. The Hall–Kier alpha value is -2.40. The highest BCUT2D eigenvalue weighted by Crippen LogP contribution is 2.21. The molecule has 2 aromatic rings. The quantitative estimate of drug-likeness (QED) is 0.665. The number of ketones is 1. The molecule has 5 heteroatoms. The minimum atomic E-state index is -0.169. The SMILES string of the molecule is CC(C)c1nc(C(=O)/C=C/c2ccc(N3CCC(O)CC3)cc2)co1. The van der Waals surface area contributed by atoms with Crippen LogP contribution in [0.4, 0.5) is 5.69 Å². The first-order chi connectivity index (χ1) is 12.0. The molecule has 25 heavy (non-hydrogen) atoms. The zero-order valence-electron chi connectivity index (χ0n) is 14.7. The summed E-state index contributed by atoms with van der Waals surface area (Å²) in [6, 6.07) is 8.09. The molecule has 1 aromatic heterocycles. The Morgan fingerprint density at radius 1 is 1.28 bits per heavy atom. The topological polar surface area (TPSA) is 66.6 Å². The Bertz CT molecular complexity index is 739. The van der Waals surface area contributed by atoms with Crippen molar-refractivity contribution in [2.24, 2.45) is 0 Å². The number of rotatable bonds is 5. The van der Waals surface area contributed by atoms with E-state index < -0.39 is 0 Å². The fourth-order valence-electron chi connectivity index (χ4n) is 2.84. The second kappa shape index (κ2) is 7.66. The van der Waals surface area contributed by atoms with Crippen LogP contribution in [0.2, 0.25) is 0 Å². The number of carbonyl (C=O) groups is 1. The Morgan fingerprint density at radius 2 is 1.96 bits per heavy atom. The second-order valence-corrected chi connectivity index (χ2v) is 6.73. The lowest BCUT2D eigenvalue weighted by molar-refractivity contribution is 0.104.